The maximum Gasteiger partial charge on any atom is 0.190 e. The molecule has 4 nitrogen and oxygen atoms in total. The van der Waals surface area contributed by atoms with Crippen LogP contribution in [0.2, 0.25) is 0 Å². The molecule has 6 heteroatoms. The lowest BCUT2D eigenvalue weighted by Gasteiger charge is -1.90. The zero-order valence-electron chi connectivity index (χ0n) is 6.51. The summed E-state index contributed by atoms with van der Waals surface area (Å²) in [6, 6.07) is 0. The number of hydrogen-bond donors (Lipinski definition) is 0. The maximum absolute atomic E-state index is 11.4. The first-order chi connectivity index (χ1) is 6.36. The molecular weight excluding hydrogens is 206 g/mol. The summed E-state index contributed by atoms with van der Waals surface area (Å²) in [5, 5.41) is 8.01. The van der Waals surface area contributed by atoms with Gasteiger partial charge in [-0.15, -0.1) is 16.4 Å². The van der Waals surface area contributed by atoms with Gasteiger partial charge in [0, 0.05) is 17.0 Å². The minimum Gasteiger partial charge on any atom is -0.292 e. The van der Waals surface area contributed by atoms with Crippen LogP contribution in [-0.2, 0) is 6.42 Å². The molecule has 0 aliphatic carbocycles. The number of rotatable bonds is 3. The van der Waals surface area contributed by atoms with Gasteiger partial charge in [0.2, 0.25) is 0 Å². The summed E-state index contributed by atoms with van der Waals surface area (Å²) in [7, 11) is 0. The van der Waals surface area contributed by atoms with Gasteiger partial charge in [0.05, 0.1) is 6.42 Å². The topological polar surface area (TPSA) is 55.7 Å². The first kappa shape index (κ1) is 8.46. The normalized spacial score (nSPS) is 10.2. The number of hydrogen-bond acceptors (Lipinski definition) is 6. The van der Waals surface area contributed by atoms with Crippen LogP contribution < -0.4 is 0 Å². The Balaban J connectivity index is 2.08. The molecule has 2 rings (SSSR count). The number of carbonyl (C=O) groups is 1. The van der Waals surface area contributed by atoms with Crippen molar-refractivity contribution in [3.8, 4) is 0 Å². The number of Topliss-reactive ketones (excluding diaryl/α,β-unsaturated/α-hetero) is 1. The fraction of sp³-hybridized carbons (Fsp3) is 0.143. The van der Waals surface area contributed by atoms with Crippen LogP contribution in [0.5, 0.6) is 0 Å². The number of ketones is 1. The van der Waals surface area contributed by atoms with Crippen molar-refractivity contribution in [2.75, 3.05) is 0 Å². The first-order valence-corrected chi connectivity index (χ1v) is 5.26. The molecule has 0 aliphatic rings. The summed E-state index contributed by atoms with van der Waals surface area (Å²) in [6.45, 7) is 0. The van der Waals surface area contributed by atoms with E-state index in [4.69, 9.17) is 0 Å². The molecule has 2 heterocycles. The quantitative estimate of drug-likeness (QED) is 0.720. The van der Waals surface area contributed by atoms with Gasteiger partial charge in [0.25, 0.3) is 0 Å². The molecule has 0 N–H and O–H groups in total. The van der Waals surface area contributed by atoms with Crippen LogP contribution in [0.1, 0.15) is 15.5 Å². The van der Waals surface area contributed by atoms with Gasteiger partial charge in [-0.1, -0.05) is 4.49 Å². The van der Waals surface area contributed by atoms with Crippen LogP contribution in [0.4, 0.5) is 0 Å². The third kappa shape index (κ3) is 1.96. The van der Waals surface area contributed by atoms with E-state index in [1.165, 1.54) is 22.9 Å². The molecular formula is C7H5N3OS2. The molecule has 0 spiro atoms. The van der Waals surface area contributed by atoms with Crippen LogP contribution in [0.3, 0.4) is 0 Å². The van der Waals surface area contributed by atoms with Gasteiger partial charge in [0.15, 0.2) is 5.78 Å². The number of thiazole rings is 1. The summed E-state index contributed by atoms with van der Waals surface area (Å²) in [5.41, 5.74) is 0.431. The lowest BCUT2D eigenvalue weighted by Crippen LogP contribution is -2.03. The highest BCUT2D eigenvalue weighted by molar-refractivity contribution is 7.09. The second kappa shape index (κ2) is 3.71. The monoisotopic (exact) mass is 211 g/mol. The van der Waals surface area contributed by atoms with E-state index in [-0.39, 0.29) is 5.78 Å². The molecule has 0 saturated heterocycles. The SMILES string of the molecule is O=C(Cc1nccs1)c1csnn1. The van der Waals surface area contributed by atoms with Crippen molar-refractivity contribution in [1.29, 1.82) is 0 Å². The summed E-state index contributed by atoms with van der Waals surface area (Å²) in [5.74, 6) is -0.0244. The average molecular weight is 211 g/mol. The Morgan fingerprint density at radius 2 is 2.46 bits per heavy atom. The van der Waals surface area contributed by atoms with Gasteiger partial charge in [-0.3, -0.25) is 4.79 Å². The summed E-state index contributed by atoms with van der Waals surface area (Å²) in [6.07, 6.45) is 2.01. The van der Waals surface area contributed by atoms with Crippen LogP contribution in [0.15, 0.2) is 17.0 Å². The minimum atomic E-state index is -0.0244. The van der Waals surface area contributed by atoms with E-state index in [1.807, 2.05) is 5.38 Å². The zero-order valence-corrected chi connectivity index (χ0v) is 8.14. The molecule has 13 heavy (non-hydrogen) atoms. The van der Waals surface area contributed by atoms with Gasteiger partial charge < -0.3 is 0 Å². The highest BCUT2D eigenvalue weighted by Gasteiger charge is 2.10. The second-order valence-electron chi connectivity index (χ2n) is 2.32. The van der Waals surface area contributed by atoms with E-state index in [9.17, 15) is 4.79 Å². The van der Waals surface area contributed by atoms with Crippen molar-refractivity contribution >= 4 is 28.7 Å². The zero-order chi connectivity index (χ0) is 9.10. The lowest BCUT2D eigenvalue weighted by molar-refractivity contribution is 0.0988. The molecule has 0 amide bonds. The van der Waals surface area contributed by atoms with Crippen LogP contribution in [-0.4, -0.2) is 20.4 Å². The number of nitrogens with zero attached hydrogens (tertiary/aromatic N) is 3. The summed E-state index contributed by atoms with van der Waals surface area (Å²) >= 11 is 2.65. The van der Waals surface area contributed by atoms with E-state index in [0.29, 0.717) is 12.1 Å². The van der Waals surface area contributed by atoms with Crippen molar-refractivity contribution in [2.24, 2.45) is 0 Å². The molecule has 0 aliphatic heterocycles. The van der Waals surface area contributed by atoms with Gasteiger partial charge >= 0.3 is 0 Å². The minimum absolute atomic E-state index is 0.0244. The number of aromatic nitrogens is 3. The van der Waals surface area contributed by atoms with Gasteiger partial charge in [-0.05, 0) is 11.5 Å². The molecule has 0 radical (unpaired) electrons. The van der Waals surface area contributed by atoms with Crippen LogP contribution in [0, 0.1) is 0 Å². The summed E-state index contributed by atoms with van der Waals surface area (Å²) < 4.78 is 3.63. The molecule has 2 aromatic rings. The first-order valence-electron chi connectivity index (χ1n) is 3.55. The predicted octanol–water partition coefficient (Wildman–Crippen LogP) is 1.42. The molecule has 2 aromatic heterocycles. The van der Waals surface area contributed by atoms with Gasteiger partial charge in [0.1, 0.15) is 10.7 Å². The van der Waals surface area contributed by atoms with Crippen LogP contribution in [0.25, 0.3) is 0 Å². The standard InChI is InChI=1S/C7H5N3OS2/c11-6(5-4-13-10-9-5)3-7-8-1-2-12-7/h1-2,4H,3H2. The lowest BCUT2D eigenvalue weighted by atomic mass is 10.2. The fourth-order valence-corrected chi connectivity index (χ4v) is 1.93. The Bertz CT molecular complexity index is 382. The molecule has 0 bridgehead atoms. The van der Waals surface area contributed by atoms with E-state index in [2.05, 4.69) is 14.6 Å². The Morgan fingerprint density at radius 1 is 1.54 bits per heavy atom. The Hall–Kier alpha value is -1.14. The fourth-order valence-electron chi connectivity index (χ4n) is 0.854. The largest absolute Gasteiger partial charge is 0.292 e. The Kier molecular flexibility index (Phi) is 2.42. The highest BCUT2D eigenvalue weighted by Crippen LogP contribution is 2.08. The van der Waals surface area contributed by atoms with E-state index in [1.54, 1.807) is 11.6 Å². The van der Waals surface area contributed by atoms with Gasteiger partial charge in [-0.2, -0.15) is 0 Å². The van der Waals surface area contributed by atoms with Crippen molar-refractivity contribution in [1.82, 2.24) is 14.6 Å². The third-order valence-electron chi connectivity index (χ3n) is 1.44. The highest BCUT2D eigenvalue weighted by atomic mass is 32.1. The van der Waals surface area contributed by atoms with Gasteiger partial charge in [-0.25, -0.2) is 4.98 Å². The average Bonchev–Trinajstić information content (AvgIpc) is 2.74. The number of carbonyl (C=O) groups excluding carboxylic acids is 1. The van der Waals surface area contributed by atoms with E-state index >= 15 is 0 Å². The Morgan fingerprint density at radius 3 is 3.08 bits per heavy atom. The van der Waals surface area contributed by atoms with Crippen molar-refractivity contribution < 1.29 is 4.79 Å². The molecule has 0 atom stereocenters. The molecule has 0 fully saturated rings. The summed E-state index contributed by atoms with van der Waals surface area (Å²) in [4.78, 5) is 15.5. The second-order valence-corrected chi connectivity index (χ2v) is 3.90. The maximum atomic E-state index is 11.4. The molecule has 66 valence electrons. The molecule has 0 unspecified atom stereocenters. The van der Waals surface area contributed by atoms with Crippen molar-refractivity contribution in [2.45, 2.75) is 6.42 Å². The van der Waals surface area contributed by atoms with Crippen LogP contribution >= 0.6 is 22.9 Å². The third-order valence-corrected chi connectivity index (χ3v) is 2.73. The molecule has 0 aromatic carbocycles. The Labute approximate surface area is 82.4 Å². The predicted molar refractivity (Wildman–Crippen MR) is 50.1 cm³/mol. The molecule has 0 saturated carbocycles. The van der Waals surface area contributed by atoms with E-state index < -0.39 is 0 Å². The van der Waals surface area contributed by atoms with Crippen molar-refractivity contribution in [3.05, 3.63) is 27.7 Å². The van der Waals surface area contributed by atoms with Crippen molar-refractivity contribution in [3.63, 3.8) is 0 Å². The van der Waals surface area contributed by atoms with E-state index in [0.717, 1.165) is 5.01 Å². The smallest absolute Gasteiger partial charge is 0.190 e.